The second kappa shape index (κ2) is 5.51. The molecule has 0 saturated carbocycles. The van der Waals surface area contributed by atoms with Crippen LogP contribution in [0.25, 0.3) is 0 Å². The van der Waals surface area contributed by atoms with E-state index in [9.17, 15) is 4.79 Å². The lowest BCUT2D eigenvalue weighted by atomic mass is 10.1. The molecule has 3 N–H and O–H groups in total. The van der Waals surface area contributed by atoms with E-state index in [2.05, 4.69) is 5.32 Å². The van der Waals surface area contributed by atoms with Gasteiger partial charge in [0.25, 0.3) is 5.91 Å². The van der Waals surface area contributed by atoms with Crippen molar-refractivity contribution < 1.29 is 9.21 Å². The van der Waals surface area contributed by atoms with Crippen LogP contribution in [0.4, 0.5) is 5.69 Å². The quantitative estimate of drug-likeness (QED) is 0.898. The molecule has 0 spiro atoms. The van der Waals surface area contributed by atoms with Gasteiger partial charge < -0.3 is 15.5 Å². The Morgan fingerprint density at radius 1 is 1.15 bits per heavy atom. The zero-order chi connectivity index (χ0) is 14.9. The first-order chi connectivity index (χ1) is 9.40. The summed E-state index contributed by atoms with van der Waals surface area (Å²) in [7, 11) is 0. The number of aryl methyl sites for hydroxylation is 2. The highest BCUT2D eigenvalue weighted by Gasteiger charge is 2.18. The van der Waals surface area contributed by atoms with Gasteiger partial charge in [-0.15, -0.1) is 0 Å². The maximum absolute atomic E-state index is 12.3. The van der Waals surface area contributed by atoms with Gasteiger partial charge in [0, 0.05) is 17.3 Å². The van der Waals surface area contributed by atoms with Gasteiger partial charge in [-0.2, -0.15) is 0 Å². The van der Waals surface area contributed by atoms with Gasteiger partial charge in [0.05, 0.1) is 5.56 Å². The molecule has 0 fully saturated rings. The Labute approximate surface area is 119 Å². The second-order valence-corrected chi connectivity index (χ2v) is 5.08. The molecule has 2 rings (SSSR count). The van der Waals surface area contributed by atoms with Gasteiger partial charge in [-0.05, 0) is 45.4 Å². The van der Waals surface area contributed by atoms with Gasteiger partial charge >= 0.3 is 0 Å². The highest BCUT2D eigenvalue weighted by molar-refractivity contribution is 6.06. The number of nitrogens with two attached hydrogens (primary N) is 1. The smallest absolute Gasteiger partial charge is 0.259 e. The van der Waals surface area contributed by atoms with Gasteiger partial charge in [-0.3, -0.25) is 4.79 Å². The van der Waals surface area contributed by atoms with E-state index in [0.717, 1.165) is 22.6 Å². The third-order valence-corrected chi connectivity index (χ3v) is 3.48. The number of carbonyl (C=O) groups excluding carboxylic acids is 1. The summed E-state index contributed by atoms with van der Waals surface area (Å²) < 4.78 is 5.48. The monoisotopic (exact) mass is 272 g/mol. The number of furan rings is 1. The van der Waals surface area contributed by atoms with E-state index in [1.54, 1.807) is 6.92 Å². The van der Waals surface area contributed by atoms with Crippen molar-refractivity contribution in [3.05, 3.63) is 52.5 Å². The molecule has 4 nitrogen and oxygen atoms in total. The van der Waals surface area contributed by atoms with Crippen molar-refractivity contribution in [1.29, 1.82) is 0 Å². The number of rotatable bonds is 3. The summed E-state index contributed by atoms with van der Waals surface area (Å²) in [6.45, 7) is 7.47. The van der Waals surface area contributed by atoms with Crippen LogP contribution in [0.1, 0.15) is 46.0 Å². The number of hydrogen-bond donors (Lipinski definition) is 2. The molecular weight excluding hydrogens is 252 g/mol. The van der Waals surface area contributed by atoms with Crippen molar-refractivity contribution in [2.24, 2.45) is 5.73 Å². The molecule has 106 valence electrons. The zero-order valence-electron chi connectivity index (χ0n) is 12.3. The summed E-state index contributed by atoms with van der Waals surface area (Å²) in [5.41, 5.74) is 9.07. The summed E-state index contributed by atoms with van der Waals surface area (Å²) in [5.74, 6) is 1.27. The van der Waals surface area contributed by atoms with Crippen molar-refractivity contribution in [3.8, 4) is 0 Å². The standard InChI is InChI=1S/C16H20N2O2/c1-9-11(3)20-12(4)15(9)16(19)18-14-7-5-13(6-8-14)10(2)17/h5-8,10H,17H2,1-4H3,(H,18,19). The molecule has 4 heteroatoms. The van der Waals surface area contributed by atoms with Crippen molar-refractivity contribution in [2.75, 3.05) is 5.32 Å². The Morgan fingerprint density at radius 2 is 1.75 bits per heavy atom. The van der Waals surface area contributed by atoms with Gasteiger partial charge in [0.1, 0.15) is 11.5 Å². The number of benzene rings is 1. The van der Waals surface area contributed by atoms with Crippen LogP contribution >= 0.6 is 0 Å². The zero-order valence-corrected chi connectivity index (χ0v) is 12.3. The molecule has 1 aromatic heterocycles. The number of carbonyl (C=O) groups is 1. The summed E-state index contributed by atoms with van der Waals surface area (Å²) >= 11 is 0. The Morgan fingerprint density at radius 3 is 2.20 bits per heavy atom. The second-order valence-electron chi connectivity index (χ2n) is 5.08. The molecule has 1 amide bonds. The first-order valence-electron chi connectivity index (χ1n) is 6.63. The van der Waals surface area contributed by atoms with Crippen LogP contribution in [-0.4, -0.2) is 5.91 Å². The molecule has 2 aromatic rings. The molecule has 20 heavy (non-hydrogen) atoms. The highest BCUT2D eigenvalue weighted by atomic mass is 16.3. The first-order valence-corrected chi connectivity index (χ1v) is 6.63. The minimum atomic E-state index is -0.148. The largest absolute Gasteiger partial charge is 0.466 e. The fraction of sp³-hybridized carbons (Fsp3) is 0.312. The molecule has 1 heterocycles. The Hall–Kier alpha value is -2.07. The fourth-order valence-corrected chi connectivity index (χ4v) is 2.19. The summed E-state index contributed by atoms with van der Waals surface area (Å²) in [5, 5.41) is 2.88. The molecule has 0 bridgehead atoms. The lowest BCUT2D eigenvalue weighted by molar-refractivity contribution is 0.102. The van der Waals surface area contributed by atoms with Gasteiger partial charge in [-0.25, -0.2) is 0 Å². The van der Waals surface area contributed by atoms with E-state index in [1.165, 1.54) is 0 Å². The maximum atomic E-state index is 12.3. The van der Waals surface area contributed by atoms with Crippen LogP contribution in [0.3, 0.4) is 0 Å². The number of amides is 1. The molecule has 1 unspecified atom stereocenters. The van der Waals surface area contributed by atoms with Crippen LogP contribution in [0.2, 0.25) is 0 Å². The SMILES string of the molecule is Cc1oc(C)c(C(=O)Nc2ccc(C(C)N)cc2)c1C. The predicted molar refractivity (Wildman–Crippen MR) is 79.9 cm³/mol. The van der Waals surface area contributed by atoms with E-state index in [0.29, 0.717) is 11.3 Å². The molecule has 0 aliphatic carbocycles. The number of anilines is 1. The van der Waals surface area contributed by atoms with Crippen LogP contribution in [0, 0.1) is 20.8 Å². The average molecular weight is 272 g/mol. The van der Waals surface area contributed by atoms with Crippen LogP contribution < -0.4 is 11.1 Å². The van der Waals surface area contributed by atoms with Crippen LogP contribution in [-0.2, 0) is 0 Å². The molecule has 1 atom stereocenters. The van der Waals surface area contributed by atoms with Crippen LogP contribution in [0.15, 0.2) is 28.7 Å². The number of hydrogen-bond acceptors (Lipinski definition) is 3. The predicted octanol–water partition coefficient (Wildman–Crippen LogP) is 3.48. The lowest BCUT2D eigenvalue weighted by Gasteiger charge is -2.08. The first kappa shape index (κ1) is 14.3. The lowest BCUT2D eigenvalue weighted by Crippen LogP contribution is -2.13. The Kier molecular flexibility index (Phi) is 3.95. The third-order valence-electron chi connectivity index (χ3n) is 3.48. The number of nitrogens with one attached hydrogen (secondary N) is 1. The van der Waals surface area contributed by atoms with E-state index >= 15 is 0 Å². The van der Waals surface area contributed by atoms with E-state index in [-0.39, 0.29) is 11.9 Å². The molecule has 0 radical (unpaired) electrons. The molecular formula is C16H20N2O2. The third kappa shape index (κ3) is 2.75. The fourth-order valence-electron chi connectivity index (χ4n) is 2.19. The average Bonchev–Trinajstić information content (AvgIpc) is 2.63. The van der Waals surface area contributed by atoms with E-state index in [4.69, 9.17) is 10.2 Å². The summed E-state index contributed by atoms with van der Waals surface area (Å²) in [6, 6.07) is 7.53. The van der Waals surface area contributed by atoms with E-state index < -0.39 is 0 Å². The molecule has 0 aliphatic rings. The van der Waals surface area contributed by atoms with Crippen molar-refractivity contribution in [3.63, 3.8) is 0 Å². The van der Waals surface area contributed by atoms with E-state index in [1.807, 2.05) is 45.0 Å². The van der Waals surface area contributed by atoms with Crippen LogP contribution in [0.5, 0.6) is 0 Å². The minimum absolute atomic E-state index is 0.0132. The molecule has 0 aliphatic heterocycles. The normalized spacial score (nSPS) is 12.2. The van der Waals surface area contributed by atoms with Gasteiger partial charge in [0.15, 0.2) is 0 Å². The minimum Gasteiger partial charge on any atom is -0.466 e. The molecule has 1 aromatic carbocycles. The van der Waals surface area contributed by atoms with Crippen molar-refractivity contribution in [1.82, 2.24) is 0 Å². The Balaban J connectivity index is 2.19. The highest BCUT2D eigenvalue weighted by Crippen LogP contribution is 2.22. The maximum Gasteiger partial charge on any atom is 0.259 e. The van der Waals surface area contributed by atoms with Crippen molar-refractivity contribution in [2.45, 2.75) is 33.7 Å². The summed E-state index contributed by atoms with van der Waals surface area (Å²) in [4.78, 5) is 12.3. The van der Waals surface area contributed by atoms with Gasteiger partial charge in [0.2, 0.25) is 0 Å². The molecule has 0 saturated heterocycles. The van der Waals surface area contributed by atoms with Crippen molar-refractivity contribution >= 4 is 11.6 Å². The van der Waals surface area contributed by atoms with Gasteiger partial charge in [-0.1, -0.05) is 12.1 Å². The summed E-state index contributed by atoms with van der Waals surface area (Å²) in [6.07, 6.45) is 0. The Bertz CT molecular complexity index is 625. The topological polar surface area (TPSA) is 68.3 Å².